The molecule has 2 heterocycles. The zero-order valence-electron chi connectivity index (χ0n) is 11.7. The van der Waals surface area contributed by atoms with E-state index in [4.69, 9.17) is 20.4 Å². The van der Waals surface area contributed by atoms with E-state index >= 15 is 0 Å². The molecule has 4 heteroatoms. The van der Waals surface area contributed by atoms with Crippen LogP contribution in [-0.2, 0) is 0 Å². The number of fused-ring (bicyclic) bond motifs is 2. The number of hydrogen-bond acceptors (Lipinski definition) is 3. The lowest BCUT2D eigenvalue weighted by Gasteiger charge is -2.03. The van der Waals surface area contributed by atoms with Crippen LogP contribution >= 0.6 is 11.6 Å². The van der Waals surface area contributed by atoms with Crippen molar-refractivity contribution in [3.05, 3.63) is 69.5 Å². The summed E-state index contributed by atoms with van der Waals surface area (Å²) in [6, 6.07) is 12.3. The van der Waals surface area contributed by atoms with Gasteiger partial charge in [0.05, 0.1) is 11.6 Å². The first-order valence-corrected chi connectivity index (χ1v) is 7.21. The Morgan fingerprint density at radius 2 is 1.73 bits per heavy atom. The summed E-state index contributed by atoms with van der Waals surface area (Å²) in [5, 5.41) is 2.12. The third-order valence-corrected chi connectivity index (χ3v) is 4.00. The van der Waals surface area contributed by atoms with Gasteiger partial charge in [-0.25, -0.2) is 0 Å². The normalized spacial score (nSPS) is 11.4. The van der Waals surface area contributed by atoms with E-state index in [0.29, 0.717) is 27.3 Å². The molecule has 2 aromatic carbocycles. The number of aryl methyl sites for hydroxylation is 1. The second-order valence-electron chi connectivity index (χ2n) is 5.25. The van der Waals surface area contributed by atoms with Gasteiger partial charge in [0, 0.05) is 28.1 Å². The second kappa shape index (κ2) is 4.75. The maximum atomic E-state index is 12.4. The molecule has 0 radical (unpaired) electrons. The largest absolute Gasteiger partial charge is 0.464 e. The molecule has 0 amide bonds. The first-order chi connectivity index (χ1) is 10.6. The SMILES string of the molecule is Cc1coc2cc3oc(-c4ccc(Cl)cc4)cc(=O)c3cc12. The summed E-state index contributed by atoms with van der Waals surface area (Å²) in [6.07, 6.45) is 1.67. The monoisotopic (exact) mass is 310 g/mol. The molecule has 4 rings (SSSR count). The Balaban J connectivity index is 2.01. The Morgan fingerprint density at radius 1 is 0.955 bits per heavy atom. The molecular weight excluding hydrogens is 300 g/mol. The van der Waals surface area contributed by atoms with Crippen molar-refractivity contribution in [1.29, 1.82) is 0 Å². The predicted octanol–water partition coefficient (Wildman–Crippen LogP) is 5.17. The average Bonchev–Trinajstić information content (AvgIpc) is 2.87. The molecule has 0 aliphatic rings. The van der Waals surface area contributed by atoms with Crippen LogP contribution in [-0.4, -0.2) is 0 Å². The molecule has 0 saturated heterocycles. The average molecular weight is 311 g/mol. The first-order valence-electron chi connectivity index (χ1n) is 6.83. The maximum absolute atomic E-state index is 12.4. The number of halogens is 1. The van der Waals surface area contributed by atoms with Crippen LogP contribution in [0, 0.1) is 6.92 Å². The Kier molecular flexibility index (Phi) is 2.84. The molecule has 0 fully saturated rings. The summed E-state index contributed by atoms with van der Waals surface area (Å²) in [6.45, 7) is 1.95. The van der Waals surface area contributed by atoms with Crippen molar-refractivity contribution in [3.8, 4) is 11.3 Å². The van der Waals surface area contributed by atoms with E-state index < -0.39 is 0 Å². The minimum atomic E-state index is -0.0753. The fraction of sp³-hybridized carbons (Fsp3) is 0.0556. The lowest BCUT2D eigenvalue weighted by Crippen LogP contribution is -2.00. The quantitative estimate of drug-likeness (QED) is 0.487. The van der Waals surface area contributed by atoms with Gasteiger partial charge in [-0.3, -0.25) is 4.79 Å². The highest BCUT2D eigenvalue weighted by Crippen LogP contribution is 2.28. The molecule has 2 aromatic heterocycles. The van der Waals surface area contributed by atoms with E-state index in [9.17, 15) is 4.79 Å². The van der Waals surface area contributed by atoms with Crippen molar-refractivity contribution in [1.82, 2.24) is 0 Å². The molecule has 0 N–H and O–H groups in total. The maximum Gasteiger partial charge on any atom is 0.193 e. The van der Waals surface area contributed by atoms with Gasteiger partial charge in [-0.05, 0) is 42.8 Å². The van der Waals surface area contributed by atoms with Gasteiger partial charge in [0.15, 0.2) is 5.43 Å². The zero-order valence-corrected chi connectivity index (χ0v) is 12.5. The van der Waals surface area contributed by atoms with Gasteiger partial charge >= 0.3 is 0 Å². The third-order valence-electron chi connectivity index (χ3n) is 3.75. The van der Waals surface area contributed by atoms with Crippen molar-refractivity contribution in [2.75, 3.05) is 0 Å². The Morgan fingerprint density at radius 3 is 2.50 bits per heavy atom. The molecule has 22 heavy (non-hydrogen) atoms. The Bertz CT molecular complexity index is 1060. The van der Waals surface area contributed by atoms with Gasteiger partial charge < -0.3 is 8.83 Å². The van der Waals surface area contributed by atoms with E-state index in [2.05, 4.69) is 0 Å². The Hall–Kier alpha value is -2.52. The van der Waals surface area contributed by atoms with Gasteiger partial charge in [0.1, 0.15) is 16.9 Å². The zero-order chi connectivity index (χ0) is 15.3. The summed E-state index contributed by atoms with van der Waals surface area (Å²) in [4.78, 5) is 12.4. The van der Waals surface area contributed by atoms with Gasteiger partial charge in [-0.1, -0.05) is 11.6 Å². The predicted molar refractivity (Wildman–Crippen MR) is 87.4 cm³/mol. The molecule has 0 atom stereocenters. The topological polar surface area (TPSA) is 43.4 Å². The molecule has 108 valence electrons. The van der Waals surface area contributed by atoms with Gasteiger partial charge in [-0.2, -0.15) is 0 Å². The highest BCUT2D eigenvalue weighted by Gasteiger charge is 2.11. The fourth-order valence-corrected chi connectivity index (χ4v) is 2.69. The van der Waals surface area contributed by atoms with Crippen molar-refractivity contribution < 1.29 is 8.83 Å². The molecule has 3 nitrogen and oxygen atoms in total. The minimum absolute atomic E-state index is 0.0753. The van der Waals surface area contributed by atoms with Gasteiger partial charge in [0.25, 0.3) is 0 Å². The molecule has 4 aromatic rings. The van der Waals surface area contributed by atoms with Crippen LogP contribution < -0.4 is 5.43 Å². The van der Waals surface area contributed by atoms with Crippen LogP contribution in [0.1, 0.15) is 5.56 Å². The molecule has 0 aliphatic carbocycles. The summed E-state index contributed by atoms with van der Waals surface area (Å²) in [7, 11) is 0. The van der Waals surface area contributed by atoms with E-state index in [1.807, 2.05) is 25.1 Å². The standard InChI is InChI=1S/C18H11ClO3/c1-10-9-21-17-8-18-14(6-13(10)17)15(20)7-16(22-18)11-2-4-12(19)5-3-11/h2-9H,1H3. The molecule has 0 bridgehead atoms. The van der Waals surface area contributed by atoms with E-state index in [1.165, 1.54) is 6.07 Å². The van der Waals surface area contributed by atoms with Gasteiger partial charge in [0.2, 0.25) is 0 Å². The van der Waals surface area contributed by atoms with Crippen LogP contribution in [0.3, 0.4) is 0 Å². The number of benzene rings is 2. The van der Waals surface area contributed by atoms with E-state index in [0.717, 1.165) is 16.5 Å². The third kappa shape index (κ3) is 2.02. The number of hydrogen-bond donors (Lipinski definition) is 0. The van der Waals surface area contributed by atoms with Crippen LogP contribution in [0.4, 0.5) is 0 Å². The number of rotatable bonds is 1. The van der Waals surface area contributed by atoms with Crippen LogP contribution in [0.25, 0.3) is 33.3 Å². The van der Waals surface area contributed by atoms with Crippen molar-refractivity contribution in [3.63, 3.8) is 0 Å². The summed E-state index contributed by atoms with van der Waals surface area (Å²) in [5.41, 5.74) is 2.95. The summed E-state index contributed by atoms with van der Waals surface area (Å²) < 4.78 is 11.4. The van der Waals surface area contributed by atoms with E-state index in [-0.39, 0.29) is 5.43 Å². The van der Waals surface area contributed by atoms with Crippen LogP contribution in [0.15, 0.2) is 62.4 Å². The molecule has 0 saturated carbocycles. The number of furan rings is 1. The van der Waals surface area contributed by atoms with Crippen molar-refractivity contribution >= 4 is 33.5 Å². The van der Waals surface area contributed by atoms with Crippen LogP contribution in [0.5, 0.6) is 0 Å². The van der Waals surface area contributed by atoms with E-state index in [1.54, 1.807) is 24.5 Å². The molecule has 0 aliphatic heterocycles. The second-order valence-corrected chi connectivity index (χ2v) is 5.68. The lowest BCUT2D eigenvalue weighted by molar-refractivity contribution is 0.604. The summed E-state index contributed by atoms with van der Waals surface area (Å²) in [5.74, 6) is 0.511. The van der Waals surface area contributed by atoms with Crippen molar-refractivity contribution in [2.24, 2.45) is 0 Å². The molecule has 0 unspecified atom stereocenters. The molecular formula is C18H11ClO3. The Labute approximate surface area is 130 Å². The highest BCUT2D eigenvalue weighted by molar-refractivity contribution is 6.30. The molecule has 0 spiro atoms. The van der Waals surface area contributed by atoms with Crippen molar-refractivity contribution in [2.45, 2.75) is 6.92 Å². The highest BCUT2D eigenvalue weighted by atomic mass is 35.5. The lowest BCUT2D eigenvalue weighted by atomic mass is 10.1. The minimum Gasteiger partial charge on any atom is -0.464 e. The fourth-order valence-electron chi connectivity index (χ4n) is 2.56. The first kappa shape index (κ1) is 13.2. The smallest absolute Gasteiger partial charge is 0.193 e. The van der Waals surface area contributed by atoms with Crippen LogP contribution in [0.2, 0.25) is 5.02 Å². The summed E-state index contributed by atoms with van der Waals surface area (Å²) >= 11 is 5.89. The van der Waals surface area contributed by atoms with Gasteiger partial charge in [-0.15, -0.1) is 0 Å².